The van der Waals surface area contributed by atoms with E-state index >= 15 is 0 Å². The van der Waals surface area contributed by atoms with Crippen LogP contribution in [0.5, 0.6) is 5.75 Å². The van der Waals surface area contributed by atoms with Gasteiger partial charge in [-0.25, -0.2) is 0 Å². The summed E-state index contributed by atoms with van der Waals surface area (Å²) in [6.45, 7) is 1.42. The summed E-state index contributed by atoms with van der Waals surface area (Å²) >= 11 is 0. The highest BCUT2D eigenvalue weighted by Gasteiger charge is 2.11. The molecule has 96 valence electrons. The van der Waals surface area contributed by atoms with Crippen LogP contribution in [0.4, 0.5) is 0 Å². The van der Waals surface area contributed by atoms with E-state index in [0.29, 0.717) is 11.3 Å². The van der Waals surface area contributed by atoms with E-state index in [1.807, 2.05) is 0 Å². The molecule has 0 fully saturated rings. The standard InChI is InChI=1S/C13H15NO4/c1-10(15)3-6-12(14(16)17)9-11-4-7-13(18-2)8-5-11/h4-5,7-9H,3,6H2,1-2H3/b12-9+. The molecule has 1 aromatic carbocycles. The number of ketones is 1. The maximum Gasteiger partial charge on any atom is 0.247 e. The average Bonchev–Trinajstić information content (AvgIpc) is 2.34. The minimum absolute atomic E-state index is 0.0374. The SMILES string of the molecule is COc1ccc(/C=C(\CCC(C)=O)[N+](=O)[O-])cc1. The molecule has 0 saturated heterocycles. The summed E-state index contributed by atoms with van der Waals surface area (Å²) in [7, 11) is 1.56. The van der Waals surface area contributed by atoms with Gasteiger partial charge in [-0.1, -0.05) is 12.1 Å². The molecule has 0 atom stereocenters. The van der Waals surface area contributed by atoms with Gasteiger partial charge in [-0.05, 0) is 24.6 Å². The number of carbonyl (C=O) groups excluding carboxylic acids is 1. The third-order valence-corrected chi connectivity index (χ3v) is 2.42. The maximum atomic E-state index is 10.8. The van der Waals surface area contributed by atoms with Crippen molar-refractivity contribution in [3.63, 3.8) is 0 Å². The van der Waals surface area contributed by atoms with Gasteiger partial charge in [-0.3, -0.25) is 10.1 Å². The zero-order chi connectivity index (χ0) is 13.5. The lowest BCUT2D eigenvalue weighted by molar-refractivity contribution is -0.426. The third-order valence-electron chi connectivity index (χ3n) is 2.42. The lowest BCUT2D eigenvalue weighted by Crippen LogP contribution is -2.01. The molecule has 0 heterocycles. The molecule has 1 rings (SSSR count). The van der Waals surface area contributed by atoms with Crippen molar-refractivity contribution in [1.82, 2.24) is 0 Å². The van der Waals surface area contributed by atoms with Crippen molar-refractivity contribution < 1.29 is 14.5 Å². The van der Waals surface area contributed by atoms with Crippen molar-refractivity contribution >= 4 is 11.9 Å². The second-order valence-electron chi connectivity index (χ2n) is 3.87. The number of rotatable bonds is 6. The van der Waals surface area contributed by atoms with Gasteiger partial charge in [0.15, 0.2) is 0 Å². The summed E-state index contributed by atoms with van der Waals surface area (Å²) < 4.78 is 5.00. The van der Waals surface area contributed by atoms with Crippen LogP contribution in [-0.4, -0.2) is 17.8 Å². The fourth-order valence-corrected chi connectivity index (χ4v) is 1.41. The molecule has 18 heavy (non-hydrogen) atoms. The molecular weight excluding hydrogens is 234 g/mol. The Morgan fingerprint density at radius 2 is 1.94 bits per heavy atom. The van der Waals surface area contributed by atoms with Crippen molar-refractivity contribution in [3.8, 4) is 5.75 Å². The Hall–Kier alpha value is -2.17. The fraction of sp³-hybridized carbons (Fsp3) is 0.308. The van der Waals surface area contributed by atoms with Crippen LogP contribution in [0.1, 0.15) is 25.3 Å². The summed E-state index contributed by atoms with van der Waals surface area (Å²) in [5.41, 5.74) is 0.751. The largest absolute Gasteiger partial charge is 0.497 e. The monoisotopic (exact) mass is 249 g/mol. The van der Waals surface area contributed by atoms with Gasteiger partial charge >= 0.3 is 0 Å². The van der Waals surface area contributed by atoms with Gasteiger partial charge in [0, 0.05) is 18.9 Å². The maximum absolute atomic E-state index is 10.8. The van der Waals surface area contributed by atoms with Crippen molar-refractivity contribution in [2.45, 2.75) is 19.8 Å². The van der Waals surface area contributed by atoms with E-state index in [-0.39, 0.29) is 24.3 Å². The third kappa shape index (κ3) is 4.37. The second-order valence-corrected chi connectivity index (χ2v) is 3.87. The first-order valence-electron chi connectivity index (χ1n) is 5.51. The van der Waals surface area contributed by atoms with Crippen LogP contribution in [0.15, 0.2) is 30.0 Å². The van der Waals surface area contributed by atoms with E-state index in [1.165, 1.54) is 13.0 Å². The second kappa shape index (κ2) is 6.54. The van der Waals surface area contributed by atoms with Gasteiger partial charge in [0.25, 0.3) is 0 Å². The van der Waals surface area contributed by atoms with E-state index in [4.69, 9.17) is 4.74 Å². The summed E-state index contributed by atoms with van der Waals surface area (Å²) in [6.07, 6.45) is 1.81. The summed E-state index contributed by atoms with van der Waals surface area (Å²) in [5.74, 6) is 0.635. The van der Waals surface area contributed by atoms with Crippen LogP contribution >= 0.6 is 0 Å². The minimum atomic E-state index is -0.451. The molecule has 0 spiro atoms. The topological polar surface area (TPSA) is 69.4 Å². The normalized spacial score (nSPS) is 11.1. The number of carbonyl (C=O) groups is 1. The molecule has 0 radical (unpaired) electrons. The van der Waals surface area contributed by atoms with Gasteiger partial charge < -0.3 is 9.53 Å². The Kier molecular flexibility index (Phi) is 5.05. The summed E-state index contributed by atoms with van der Waals surface area (Å²) in [4.78, 5) is 21.2. The number of methoxy groups -OCH3 is 1. The average molecular weight is 249 g/mol. The Morgan fingerprint density at radius 3 is 2.39 bits per heavy atom. The highest BCUT2D eigenvalue weighted by atomic mass is 16.6. The lowest BCUT2D eigenvalue weighted by atomic mass is 10.1. The van der Waals surface area contributed by atoms with Crippen LogP contribution in [0.3, 0.4) is 0 Å². The van der Waals surface area contributed by atoms with Crippen LogP contribution < -0.4 is 4.74 Å². The van der Waals surface area contributed by atoms with E-state index in [9.17, 15) is 14.9 Å². The number of Topliss-reactive ketones (excluding diaryl/α,β-unsaturated/α-hetero) is 1. The highest BCUT2D eigenvalue weighted by molar-refractivity contribution is 5.75. The van der Waals surface area contributed by atoms with Gasteiger partial charge in [0.1, 0.15) is 11.5 Å². The number of nitro groups is 1. The smallest absolute Gasteiger partial charge is 0.247 e. The molecule has 0 amide bonds. The fourth-order valence-electron chi connectivity index (χ4n) is 1.41. The molecule has 0 N–H and O–H groups in total. The first-order chi connectivity index (χ1) is 8.52. The van der Waals surface area contributed by atoms with Crippen LogP contribution in [0, 0.1) is 10.1 Å². The van der Waals surface area contributed by atoms with Gasteiger partial charge in [0.05, 0.1) is 12.0 Å². The predicted octanol–water partition coefficient (Wildman–Crippen LogP) is 2.68. The molecule has 0 aliphatic heterocycles. The Balaban J connectivity index is 2.86. The lowest BCUT2D eigenvalue weighted by Gasteiger charge is -2.00. The van der Waals surface area contributed by atoms with Gasteiger partial charge in [0.2, 0.25) is 5.70 Å². The van der Waals surface area contributed by atoms with E-state index in [1.54, 1.807) is 31.4 Å². The zero-order valence-corrected chi connectivity index (χ0v) is 10.4. The molecule has 0 bridgehead atoms. The molecule has 1 aromatic rings. The Morgan fingerprint density at radius 1 is 1.33 bits per heavy atom. The van der Waals surface area contributed by atoms with Crippen molar-refractivity contribution in [1.29, 1.82) is 0 Å². The Bertz CT molecular complexity index is 462. The van der Waals surface area contributed by atoms with E-state index < -0.39 is 4.92 Å². The molecule has 0 saturated carbocycles. The molecule has 0 aliphatic carbocycles. The summed E-state index contributed by atoms with van der Waals surface area (Å²) in [5, 5.41) is 10.8. The minimum Gasteiger partial charge on any atom is -0.497 e. The highest BCUT2D eigenvalue weighted by Crippen LogP contribution is 2.16. The first kappa shape index (κ1) is 13.9. The molecular formula is C13H15NO4. The summed E-state index contributed by atoms with van der Waals surface area (Å²) in [6, 6.07) is 6.93. The molecule has 5 nitrogen and oxygen atoms in total. The van der Waals surface area contributed by atoms with E-state index in [2.05, 4.69) is 0 Å². The van der Waals surface area contributed by atoms with Crippen LogP contribution in [0.25, 0.3) is 6.08 Å². The van der Waals surface area contributed by atoms with Crippen LogP contribution in [0.2, 0.25) is 0 Å². The Labute approximate surface area is 105 Å². The van der Waals surface area contributed by atoms with Crippen LogP contribution in [-0.2, 0) is 4.79 Å². The number of nitrogens with zero attached hydrogens (tertiary/aromatic N) is 1. The number of ether oxygens (including phenoxy) is 1. The van der Waals surface area contributed by atoms with E-state index in [0.717, 1.165) is 0 Å². The molecule has 0 aliphatic rings. The van der Waals surface area contributed by atoms with Crippen molar-refractivity contribution in [3.05, 3.63) is 45.6 Å². The number of hydrogen-bond donors (Lipinski definition) is 0. The van der Waals surface area contributed by atoms with Gasteiger partial charge in [-0.2, -0.15) is 0 Å². The predicted molar refractivity (Wildman–Crippen MR) is 67.9 cm³/mol. The molecule has 5 heteroatoms. The number of allylic oxidation sites excluding steroid dienone is 1. The molecule has 0 unspecified atom stereocenters. The quantitative estimate of drug-likeness (QED) is 0.574. The first-order valence-corrected chi connectivity index (χ1v) is 5.51. The zero-order valence-electron chi connectivity index (χ0n) is 10.4. The van der Waals surface area contributed by atoms with Crippen molar-refractivity contribution in [2.75, 3.05) is 7.11 Å². The molecule has 0 aromatic heterocycles. The van der Waals surface area contributed by atoms with Gasteiger partial charge in [-0.15, -0.1) is 0 Å². The number of hydrogen-bond acceptors (Lipinski definition) is 4. The number of benzene rings is 1. The van der Waals surface area contributed by atoms with Crippen molar-refractivity contribution in [2.24, 2.45) is 0 Å².